The number of nitrogens with zero attached hydrogens (tertiary/aromatic N) is 2. The van der Waals surface area contributed by atoms with E-state index in [0.29, 0.717) is 6.42 Å². The topological polar surface area (TPSA) is 86.8 Å². The lowest BCUT2D eigenvalue weighted by molar-refractivity contribution is -0.140. The number of halogens is 2. The quantitative estimate of drug-likeness (QED) is 0.337. The van der Waals surface area contributed by atoms with E-state index in [1.54, 1.807) is 18.2 Å². The van der Waals surface area contributed by atoms with Crippen molar-refractivity contribution in [2.45, 2.75) is 45.3 Å². The molecule has 2 unspecified atom stereocenters. The molecule has 0 saturated heterocycles. The number of hydrogen-bond acceptors (Lipinski definition) is 4. The van der Waals surface area contributed by atoms with Gasteiger partial charge in [0, 0.05) is 24.6 Å². The van der Waals surface area contributed by atoms with Crippen LogP contribution in [0.2, 0.25) is 5.02 Å². The zero-order chi connectivity index (χ0) is 28.6. The van der Waals surface area contributed by atoms with Gasteiger partial charge in [-0.15, -0.1) is 0 Å². The zero-order valence-corrected chi connectivity index (χ0v) is 23.8. The van der Waals surface area contributed by atoms with E-state index in [9.17, 15) is 22.4 Å². The summed E-state index contributed by atoms with van der Waals surface area (Å²) in [5, 5.41) is 3.08. The van der Waals surface area contributed by atoms with Gasteiger partial charge >= 0.3 is 0 Å². The molecule has 2 amide bonds. The highest BCUT2D eigenvalue weighted by Gasteiger charge is 2.34. The summed E-state index contributed by atoms with van der Waals surface area (Å²) in [5.41, 5.74) is 1.12. The number of nitrogens with one attached hydrogen (secondary N) is 1. The number of benzene rings is 3. The normalized spacial score (nSPS) is 12.8. The molecule has 0 spiro atoms. The van der Waals surface area contributed by atoms with Crippen LogP contribution in [0.5, 0.6) is 0 Å². The molecule has 7 nitrogen and oxygen atoms in total. The maximum atomic E-state index is 14.8. The number of amides is 2. The Morgan fingerprint density at radius 2 is 1.59 bits per heavy atom. The van der Waals surface area contributed by atoms with Gasteiger partial charge in [0.1, 0.15) is 18.4 Å². The Bertz CT molecular complexity index is 1390. The van der Waals surface area contributed by atoms with Crippen LogP contribution in [0.15, 0.2) is 78.9 Å². The van der Waals surface area contributed by atoms with Crippen molar-refractivity contribution in [2.24, 2.45) is 0 Å². The van der Waals surface area contributed by atoms with Crippen molar-refractivity contribution in [1.29, 1.82) is 0 Å². The highest BCUT2D eigenvalue weighted by molar-refractivity contribution is 7.92. The summed E-state index contributed by atoms with van der Waals surface area (Å²) in [6.45, 7) is 2.91. The first-order chi connectivity index (χ1) is 18.5. The number of rotatable bonds is 12. The van der Waals surface area contributed by atoms with E-state index in [4.69, 9.17) is 11.6 Å². The fraction of sp³-hybridized carbons (Fsp3) is 0.310. The van der Waals surface area contributed by atoms with Crippen LogP contribution in [0.1, 0.15) is 31.4 Å². The van der Waals surface area contributed by atoms with Gasteiger partial charge in [-0.2, -0.15) is 0 Å². The molecule has 1 N–H and O–H groups in total. The van der Waals surface area contributed by atoms with Gasteiger partial charge in [0.15, 0.2) is 0 Å². The molecule has 10 heteroatoms. The molecule has 3 rings (SSSR count). The standard InChI is InChI=1S/C29H33ClFN3O4S/c1-4-21(2)32-29(36)27(18-22-12-6-5-7-13-22)33(19-23-14-8-10-16-25(23)31)28(35)20-34(39(3,37)38)26-17-11-9-15-24(26)30/h5-17,21,27H,4,18-20H2,1-3H3,(H,32,36). The predicted molar refractivity (Wildman–Crippen MR) is 152 cm³/mol. The number of carbonyl (C=O) groups is 2. The molecule has 3 aromatic rings. The lowest BCUT2D eigenvalue weighted by Crippen LogP contribution is -2.54. The first-order valence-electron chi connectivity index (χ1n) is 12.6. The SMILES string of the molecule is CCC(C)NC(=O)C(Cc1ccccc1)N(Cc1ccccc1F)C(=O)CN(c1ccccc1Cl)S(C)(=O)=O. The third kappa shape index (κ3) is 8.28. The molecule has 208 valence electrons. The van der Waals surface area contributed by atoms with E-state index < -0.39 is 40.2 Å². The van der Waals surface area contributed by atoms with Crippen LogP contribution in [0, 0.1) is 5.82 Å². The van der Waals surface area contributed by atoms with E-state index in [1.165, 1.54) is 35.2 Å². The van der Waals surface area contributed by atoms with Gasteiger partial charge < -0.3 is 10.2 Å². The highest BCUT2D eigenvalue weighted by atomic mass is 35.5. The lowest BCUT2D eigenvalue weighted by Gasteiger charge is -2.34. The Hall–Kier alpha value is -3.43. The minimum absolute atomic E-state index is 0.129. The summed E-state index contributed by atoms with van der Waals surface area (Å²) in [6, 6.07) is 20.2. The van der Waals surface area contributed by atoms with Crippen molar-refractivity contribution >= 4 is 39.1 Å². The summed E-state index contributed by atoms with van der Waals surface area (Å²) in [5.74, 6) is -1.63. The molecule has 0 radical (unpaired) electrons. The number of anilines is 1. The van der Waals surface area contributed by atoms with Crippen LogP contribution in [0.4, 0.5) is 10.1 Å². The summed E-state index contributed by atoms with van der Waals surface area (Å²) in [6.07, 6.45) is 1.79. The Balaban J connectivity index is 2.08. The van der Waals surface area contributed by atoms with Gasteiger partial charge in [0.2, 0.25) is 21.8 Å². The van der Waals surface area contributed by atoms with Crippen molar-refractivity contribution in [1.82, 2.24) is 10.2 Å². The van der Waals surface area contributed by atoms with E-state index in [0.717, 1.165) is 16.1 Å². The van der Waals surface area contributed by atoms with Crippen molar-refractivity contribution in [2.75, 3.05) is 17.1 Å². The Labute approximate surface area is 234 Å². The van der Waals surface area contributed by atoms with Crippen molar-refractivity contribution < 1.29 is 22.4 Å². The van der Waals surface area contributed by atoms with Crippen LogP contribution in [-0.2, 0) is 32.6 Å². The molecule has 3 aromatic carbocycles. The molecule has 0 aliphatic carbocycles. The Morgan fingerprint density at radius 3 is 2.21 bits per heavy atom. The Morgan fingerprint density at radius 1 is 0.974 bits per heavy atom. The smallest absolute Gasteiger partial charge is 0.244 e. The van der Waals surface area contributed by atoms with Gasteiger partial charge in [-0.1, -0.05) is 79.2 Å². The van der Waals surface area contributed by atoms with E-state index in [-0.39, 0.29) is 35.3 Å². The fourth-order valence-corrected chi connectivity index (χ4v) is 5.20. The number of hydrogen-bond donors (Lipinski definition) is 1. The zero-order valence-electron chi connectivity index (χ0n) is 22.2. The second-order valence-corrected chi connectivity index (χ2v) is 11.7. The maximum Gasteiger partial charge on any atom is 0.244 e. The third-order valence-electron chi connectivity index (χ3n) is 6.37. The maximum absolute atomic E-state index is 14.8. The van der Waals surface area contributed by atoms with Crippen molar-refractivity contribution in [3.8, 4) is 0 Å². The molecule has 0 fully saturated rings. The second kappa shape index (κ2) is 13.6. The van der Waals surface area contributed by atoms with Gasteiger partial charge in [-0.25, -0.2) is 12.8 Å². The number of para-hydroxylation sites is 1. The van der Waals surface area contributed by atoms with Gasteiger partial charge in [-0.05, 0) is 37.1 Å². The summed E-state index contributed by atoms with van der Waals surface area (Å²) < 4.78 is 41.3. The van der Waals surface area contributed by atoms with Crippen LogP contribution in [-0.4, -0.2) is 50.0 Å². The predicted octanol–water partition coefficient (Wildman–Crippen LogP) is 4.80. The van der Waals surface area contributed by atoms with E-state index >= 15 is 0 Å². The average Bonchev–Trinajstić information content (AvgIpc) is 2.90. The summed E-state index contributed by atoms with van der Waals surface area (Å²) in [4.78, 5) is 28.8. The first-order valence-corrected chi connectivity index (χ1v) is 14.8. The minimum atomic E-state index is -3.95. The van der Waals surface area contributed by atoms with Crippen molar-refractivity contribution in [3.63, 3.8) is 0 Å². The first kappa shape index (κ1) is 30.1. The molecule has 0 saturated carbocycles. The monoisotopic (exact) mass is 573 g/mol. The largest absolute Gasteiger partial charge is 0.352 e. The number of sulfonamides is 1. The lowest BCUT2D eigenvalue weighted by atomic mass is 10.0. The molecule has 0 heterocycles. The van der Waals surface area contributed by atoms with Crippen LogP contribution >= 0.6 is 11.6 Å². The van der Waals surface area contributed by atoms with Gasteiger partial charge in [0.05, 0.1) is 17.0 Å². The Kier molecular flexibility index (Phi) is 10.5. The molecular weight excluding hydrogens is 541 g/mol. The van der Waals surface area contributed by atoms with Crippen molar-refractivity contribution in [3.05, 3.63) is 101 Å². The van der Waals surface area contributed by atoms with Gasteiger partial charge in [0.25, 0.3) is 0 Å². The summed E-state index contributed by atoms with van der Waals surface area (Å²) in [7, 11) is -3.95. The van der Waals surface area contributed by atoms with Gasteiger partial charge in [-0.3, -0.25) is 13.9 Å². The highest BCUT2D eigenvalue weighted by Crippen LogP contribution is 2.28. The fourth-order valence-electron chi connectivity index (χ4n) is 4.05. The second-order valence-electron chi connectivity index (χ2n) is 9.36. The minimum Gasteiger partial charge on any atom is -0.352 e. The van der Waals surface area contributed by atoms with Crippen LogP contribution in [0.25, 0.3) is 0 Å². The molecule has 39 heavy (non-hydrogen) atoms. The van der Waals surface area contributed by atoms with E-state index in [2.05, 4.69) is 5.32 Å². The average molecular weight is 574 g/mol. The molecule has 0 bridgehead atoms. The molecule has 0 aliphatic rings. The van der Waals surface area contributed by atoms with Crippen LogP contribution < -0.4 is 9.62 Å². The molecule has 2 atom stereocenters. The number of carbonyl (C=O) groups excluding carboxylic acids is 2. The third-order valence-corrected chi connectivity index (χ3v) is 7.82. The molecule has 0 aromatic heterocycles. The summed E-state index contributed by atoms with van der Waals surface area (Å²) >= 11 is 6.29. The van der Waals surface area contributed by atoms with Crippen LogP contribution in [0.3, 0.4) is 0 Å². The molecule has 0 aliphatic heterocycles. The van der Waals surface area contributed by atoms with E-state index in [1.807, 2.05) is 44.2 Å². The molecular formula is C29H33ClFN3O4S.